The van der Waals surface area contributed by atoms with Crippen molar-refractivity contribution >= 4 is 28.2 Å². The average molecular weight is 256 g/mol. The average Bonchev–Trinajstić information content (AvgIpc) is 2.79. The van der Waals surface area contributed by atoms with Crippen molar-refractivity contribution in [1.29, 1.82) is 0 Å². The summed E-state index contributed by atoms with van der Waals surface area (Å²) >= 11 is 1.62. The van der Waals surface area contributed by atoms with Crippen LogP contribution in [0.3, 0.4) is 0 Å². The fourth-order valence-electron chi connectivity index (χ4n) is 1.86. The van der Waals surface area contributed by atoms with E-state index in [0.717, 1.165) is 32.0 Å². The number of furan rings is 1. The Morgan fingerprint density at radius 2 is 2.06 bits per heavy atom. The number of rotatable bonds is 2. The van der Waals surface area contributed by atoms with Gasteiger partial charge in [0.2, 0.25) is 0 Å². The molecule has 0 aliphatic carbocycles. The highest BCUT2D eigenvalue weighted by atomic mass is 32.2. The first-order valence-corrected chi connectivity index (χ1v) is 6.41. The summed E-state index contributed by atoms with van der Waals surface area (Å²) in [4.78, 5) is 6.23. The van der Waals surface area contributed by atoms with Gasteiger partial charge in [-0.3, -0.25) is 4.98 Å². The molecule has 2 N–H and O–H groups in total. The van der Waals surface area contributed by atoms with E-state index in [1.54, 1.807) is 24.2 Å². The maximum atomic E-state index is 6.21. The fourth-order valence-corrected chi connectivity index (χ4v) is 2.77. The second kappa shape index (κ2) is 4.38. The van der Waals surface area contributed by atoms with Gasteiger partial charge in [0.05, 0.1) is 16.8 Å². The standard InChI is InChI=1S/C14H12N2OS/c1-9-12(5-7-17-9)18-13-3-2-10-8-16-6-4-11(10)14(13)15/h2-8H,15H2,1H3. The Morgan fingerprint density at radius 1 is 1.17 bits per heavy atom. The SMILES string of the molecule is Cc1occc1Sc1ccc2cnccc2c1N. The molecule has 0 spiro atoms. The third-order valence-electron chi connectivity index (χ3n) is 2.85. The second-order valence-electron chi connectivity index (χ2n) is 4.02. The van der Waals surface area contributed by atoms with Crippen LogP contribution in [0.15, 0.2) is 57.1 Å². The number of pyridine rings is 1. The normalized spacial score (nSPS) is 10.9. The molecule has 2 heterocycles. The Kier molecular flexibility index (Phi) is 2.72. The van der Waals surface area contributed by atoms with Gasteiger partial charge in [-0.25, -0.2) is 0 Å². The Hall–Kier alpha value is -1.94. The van der Waals surface area contributed by atoms with Crippen molar-refractivity contribution in [3.8, 4) is 0 Å². The number of anilines is 1. The van der Waals surface area contributed by atoms with Crippen LogP contribution in [-0.2, 0) is 0 Å². The molecule has 0 atom stereocenters. The van der Waals surface area contributed by atoms with Gasteiger partial charge in [-0.1, -0.05) is 17.8 Å². The molecule has 18 heavy (non-hydrogen) atoms. The molecule has 3 nitrogen and oxygen atoms in total. The van der Waals surface area contributed by atoms with E-state index in [1.165, 1.54) is 0 Å². The van der Waals surface area contributed by atoms with E-state index in [-0.39, 0.29) is 0 Å². The zero-order chi connectivity index (χ0) is 12.5. The quantitative estimate of drug-likeness (QED) is 0.707. The molecule has 3 aromatic rings. The topological polar surface area (TPSA) is 52.0 Å². The van der Waals surface area contributed by atoms with E-state index >= 15 is 0 Å². The summed E-state index contributed by atoms with van der Waals surface area (Å²) in [5.41, 5.74) is 7.00. The molecule has 0 saturated carbocycles. The number of benzene rings is 1. The van der Waals surface area contributed by atoms with Crippen molar-refractivity contribution < 1.29 is 4.42 Å². The first-order valence-electron chi connectivity index (χ1n) is 5.60. The zero-order valence-corrected chi connectivity index (χ0v) is 10.7. The largest absolute Gasteiger partial charge is 0.468 e. The van der Waals surface area contributed by atoms with Crippen molar-refractivity contribution in [2.75, 3.05) is 5.73 Å². The van der Waals surface area contributed by atoms with Gasteiger partial charge in [-0.05, 0) is 25.1 Å². The van der Waals surface area contributed by atoms with E-state index in [0.29, 0.717) is 0 Å². The minimum absolute atomic E-state index is 0.792. The predicted molar refractivity (Wildman–Crippen MR) is 73.7 cm³/mol. The maximum Gasteiger partial charge on any atom is 0.114 e. The van der Waals surface area contributed by atoms with Crippen molar-refractivity contribution in [1.82, 2.24) is 4.98 Å². The summed E-state index contributed by atoms with van der Waals surface area (Å²) in [7, 11) is 0. The molecular weight excluding hydrogens is 244 g/mol. The van der Waals surface area contributed by atoms with Gasteiger partial charge in [0.25, 0.3) is 0 Å². The van der Waals surface area contributed by atoms with Crippen LogP contribution in [0, 0.1) is 6.92 Å². The van der Waals surface area contributed by atoms with Crippen LogP contribution in [0.4, 0.5) is 5.69 Å². The lowest BCUT2D eigenvalue weighted by molar-refractivity contribution is 0.527. The molecule has 0 fully saturated rings. The van der Waals surface area contributed by atoms with Crippen LogP contribution >= 0.6 is 11.8 Å². The van der Waals surface area contributed by atoms with Gasteiger partial charge in [0.1, 0.15) is 5.76 Å². The molecule has 0 amide bonds. The molecule has 90 valence electrons. The van der Waals surface area contributed by atoms with Crippen molar-refractivity contribution in [2.45, 2.75) is 16.7 Å². The first-order chi connectivity index (χ1) is 8.75. The highest BCUT2D eigenvalue weighted by Gasteiger charge is 2.09. The van der Waals surface area contributed by atoms with Gasteiger partial charge < -0.3 is 10.2 Å². The molecular formula is C14H12N2OS. The molecule has 0 radical (unpaired) electrons. The number of hydrogen-bond acceptors (Lipinski definition) is 4. The summed E-state index contributed by atoms with van der Waals surface area (Å²) in [6.45, 7) is 1.95. The summed E-state index contributed by atoms with van der Waals surface area (Å²) in [5.74, 6) is 0.911. The minimum Gasteiger partial charge on any atom is -0.468 e. The second-order valence-corrected chi connectivity index (χ2v) is 5.10. The van der Waals surface area contributed by atoms with Crippen molar-refractivity contribution in [3.63, 3.8) is 0 Å². The molecule has 0 aliphatic rings. The highest BCUT2D eigenvalue weighted by Crippen LogP contribution is 2.37. The summed E-state index contributed by atoms with van der Waals surface area (Å²) in [6, 6.07) is 7.96. The molecule has 4 heteroatoms. The number of nitrogens with zero attached hydrogens (tertiary/aromatic N) is 1. The van der Waals surface area contributed by atoms with Crippen LogP contribution in [-0.4, -0.2) is 4.98 Å². The number of nitrogens with two attached hydrogens (primary N) is 1. The minimum atomic E-state index is 0.792. The molecule has 0 saturated heterocycles. The third kappa shape index (κ3) is 1.84. The number of aromatic nitrogens is 1. The Bertz CT molecular complexity index is 706. The number of hydrogen-bond donors (Lipinski definition) is 1. The van der Waals surface area contributed by atoms with Crippen molar-refractivity contribution in [3.05, 3.63) is 48.7 Å². The van der Waals surface area contributed by atoms with Gasteiger partial charge in [0, 0.05) is 28.1 Å². The summed E-state index contributed by atoms with van der Waals surface area (Å²) in [6.07, 6.45) is 5.28. The Balaban J connectivity index is 2.08. The van der Waals surface area contributed by atoms with E-state index in [4.69, 9.17) is 10.2 Å². The molecule has 2 aromatic heterocycles. The lowest BCUT2D eigenvalue weighted by Crippen LogP contribution is -1.91. The summed E-state index contributed by atoms with van der Waals surface area (Å²) < 4.78 is 5.29. The molecule has 3 rings (SSSR count). The lowest BCUT2D eigenvalue weighted by Gasteiger charge is -2.07. The Morgan fingerprint density at radius 3 is 2.83 bits per heavy atom. The monoisotopic (exact) mass is 256 g/mol. The van der Waals surface area contributed by atoms with Crippen LogP contribution in [0.25, 0.3) is 10.8 Å². The van der Waals surface area contributed by atoms with Crippen LogP contribution in [0.5, 0.6) is 0 Å². The smallest absolute Gasteiger partial charge is 0.114 e. The van der Waals surface area contributed by atoms with Crippen LogP contribution in [0.2, 0.25) is 0 Å². The van der Waals surface area contributed by atoms with Gasteiger partial charge in [-0.15, -0.1) is 0 Å². The number of nitrogen functional groups attached to an aromatic ring is 1. The van der Waals surface area contributed by atoms with Crippen LogP contribution < -0.4 is 5.73 Å². The molecule has 0 bridgehead atoms. The van der Waals surface area contributed by atoms with Gasteiger partial charge in [0.15, 0.2) is 0 Å². The molecule has 0 aliphatic heterocycles. The number of aryl methyl sites for hydroxylation is 1. The highest BCUT2D eigenvalue weighted by molar-refractivity contribution is 7.99. The third-order valence-corrected chi connectivity index (χ3v) is 4.07. The van der Waals surface area contributed by atoms with Crippen molar-refractivity contribution in [2.24, 2.45) is 0 Å². The fraction of sp³-hybridized carbons (Fsp3) is 0.0714. The van der Waals surface area contributed by atoms with E-state index in [9.17, 15) is 0 Å². The molecule has 0 unspecified atom stereocenters. The van der Waals surface area contributed by atoms with E-state index in [2.05, 4.69) is 4.98 Å². The Labute approximate surface area is 109 Å². The lowest BCUT2D eigenvalue weighted by atomic mass is 10.1. The van der Waals surface area contributed by atoms with E-state index in [1.807, 2.05) is 37.4 Å². The van der Waals surface area contributed by atoms with Gasteiger partial charge >= 0.3 is 0 Å². The van der Waals surface area contributed by atoms with E-state index < -0.39 is 0 Å². The number of fused-ring (bicyclic) bond motifs is 1. The molecule has 1 aromatic carbocycles. The van der Waals surface area contributed by atoms with Crippen LogP contribution in [0.1, 0.15) is 5.76 Å². The maximum absolute atomic E-state index is 6.21. The van der Waals surface area contributed by atoms with Gasteiger partial charge in [-0.2, -0.15) is 0 Å². The predicted octanol–water partition coefficient (Wildman–Crippen LogP) is 3.87. The first kappa shape index (κ1) is 11.2. The zero-order valence-electron chi connectivity index (χ0n) is 9.88. The summed E-state index contributed by atoms with van der Waals surface area (Å²) in [5, 5.41) is 2.10.